The molecule has 0 heterocycles. The van der Waals surface area contributed by atoms with Crippen molar-refractivity contribution in [1.29, 1.82) is 0 Å². The second kappa shape index (κ2) is 6.65. The van der Waals surface area contributed by atoms with E-state index in [-0.39, 0.29) is 24.9 Å². The molecule has 0 aromatic heterocycles. The molecule has 0 unspecified atom stereocenters. The first kappa shape index (κ1) is 13.2. The summed E-state index contributed by atoms with van der Waals surface area (Å²) in [6.07, 6.45) is 0. The molecule has 1 rings (SSSR count). The van der Waals surface area contributed by atoms with Gasteiger partial charge in [-0.1, -0.05) is 18.2 Å². The van der Waals surface area contributed by atoms with Crippen molar-refractivity contribution in [2.75, 3.05) is 24.5 Å². The molecule has 0 aliphatic heterocycles. The second-order valence-corrected chi connectivity index (χ2v) is 3.45. The number of carbonyl (C=O) groups is 2. The summed E-state index contributed by atoms with van der Waals surface area (Å²) in [5.41, 5.74) is 5.96. The summed E-state index contributed by atoms with van der Waals surface area (Å²) in [5, 5.41) is 2.46. The number of hydrogen-bond donors (Lipinski definition) is 2. The van der Waals surface area contributed by atoms with Gasteiger partial charge in [-0.2, -0.15) is 0 Å². The number of benzene rings is 1. The molecule has 0 bridgehead atoms. The molecule has 0 atom stereocenters. The lowest BCUT2D eigenvalue weighted by molar-refractivity contribution is -0.124. The fourth-order valence-corrected chi connectivity index (χ4v) is 1.45. The molecule has 0 saturated carbocycles. The van der Waals surface area contributed by atoms with E-state index >= 15 is 0 Å². The Morgan fingerprint density at radius 3 is 2.47 bits per heavy atom. The summed E-state index contributed by atoms with van der Waals surface area (Å²) in [4.78, 5) is 24.4. The second-order valence-electron chi connectivity index (χ2n) is 3.45. The van der Waals surface area contributed by atoms with Crippen LogP contribution in [0.5, 0.6) is 0 Å². The minimum Gasteiger partial charge on any atom is -0.346 e. The Morgan fingerprint density at radius 1 is 1.29 bits per heavy atom. The average Bonchev–Trinajstić information content (AvgIpc) is 2.38. The monoisotopic (exact) mass is 235 g/mol. The number of nitrogens with zero attached hydrogens (tertiary/aromatic N) is 1. The molecule has 17 heavy (non-hydrogen) atoms. The molecule has 5 heteroatoms. The molecular weight excluding hydrogens is 218 g/mol. The zero-order valence-corrected chi connectivity index (χ0v) is 9.85. The third-order valence-corrected chi connectivity index (χ3v) is 2.31. The molecule has 0 spiro atoms. The topological polar surface area (TPSA) is 75.4 Å². The molecule has 0 aliphatic carbocycles. The highest BCUT2D eigenvalue weighted by atomic mass is 16.2. The number of carbonyl (C=O) groups excluding carboxylic acids is 2. The maximum Gasteiger partial charge on any atom is 0.246 e. The van der Waals surface area contributed by atoms with Crippen LogP contribution in [0.15, 0.2) is 30.3 Å². The Labute approximate surface area is 101 Å². The molecule has 92 valence electrons. The van der Waals surface area contributed by atoms with Crippen LogP contribution < -0.4 is 16.0 Å². The first-order valence-electron chi connectivity index (χ1n) is 5.51. The van der Waals surface area contributed by atoms with E-state index in [1.807, 2.05) is 37.3 Å². The molecule has 5 nitrogen and oxygen atoms in total. The number of likely N-dealkylation sites (N-methyl/N-ethyl adjacent to an activating group) is 1. The van der Waals surface area contributed by atoms with Gasteiger partial charge in [0, 0.05) is 12.2 Å². The van der Waals surface area contributed by atoms with E-state index in [2.05, 4.69) is 5.32 Å². The van der Waals surface area contributed by atoms with Gasteiger partial charge in [-0.25, -0.2) is 0 Å². The number of nitrogens with two attached hydrogens (primary N) is 1. The molecule has 0 saturated heterocycles. The largest absolute Gasteiger partial charge is 0.346 e. The van der Waals surface area contributed by atoms with Gasteiger partial charge in [0.15, 0.2) is 0 Å². The van der Waals surface area contributed by atoms with Crippen LogP contribution >= 0.6 is 0 Å². The summed E-state index contributed by atoms with van der Waals surface area (Å²) < 4.78 is 0. The van der Waals surface area contributed by atoms with Crippen LogP contribution in [0.1, 0.15) is 6.92 Å². The van der Waals surface area contributed by atoms with E-state index in [0.29, 0.717) is 6.54 Å². The van der Waals surface area contributed by atoms with Crippen LogP contribution in [-0.4, -0.2) is 31.4 Å². The minimum absolute atomic E-state index is 0.0290. The van der Waals surface area contributed by atoms with Crippen molar-refractivity contribution >= 4 is 17.5 Å². The van der Waals surface area contributed by atoms with E-state index in [9.17, 15) is 9.59 Å². The first-order chi connectivity index (χ1) is 8.19. The van der Waals surface area contributed by atoms with Crippen LogP contribution in [0, 0.1) is 0 Å². The van der Waals surface area contributed by atoms with Gasteiger partial charge in [0.2, 0.25) is 11.8 Å². The fourth-order valence-electron chi connectivity index (χ4n) is 1.45. The maximum absolute atomic E-state index is 11.9. The van der Waals surface area contributed by atoms with E-state index in [4.69, 9.17) is 5.73 Å². The molecule has 0 radical (unpaired) electrons. The van der Waals surface area contributed by atoms with Gasteiger partial charge in [0.25, 0.3) is 0 Å². The highest BCUT2D eigenvalue weighted by molar-refractivity contribution is 5.96. The maximum atomic E-state index is 11.9. The molecule has 2 amide bonds. The Bertz CT molecular complexity index is 379. The van der Waals surface area contributed by atoms with E-state index in [1.165, 1.54) is 0 Å². The molecule has 0 fully saturated rings. The van der Waals surface area contributed by atoms with Crippen molar-refractivity contribution < 1.29 is 9.59 Å². The van der Waals surface area contributed by atoms with Crippen molar-refractivity contribution in [3.05, 3.63) is 30.3 Å². The number of rotatable bonds is 5. The van der Waals surface area contributed by atoms with Crippen LogP contribution in [0.4, 0.5) is 5.69 Å². The van der Waals surface area contributed by atoms with Crippen molar-refractivity contribution in [3.63, 3.8) is 0 Å². The van der Waals surface area contributed by atoms with Crippen molar-refractivity contribution in [1.82, 2.24) is 5.32 Å². The predicted octanol–water partition coefficient (Wildman–Crippen LogP) is 0.114. The Hall–Kier alpha value is -1.88. The number of amides is 2. The van der Waals surface area contributed by atoms with Crippen molar-refractivity contribution in [2.24, 2.45) is 5.73 Å². The predicted molar refractivity (Wildman–Crippen MR) is 66.5 cm³/mol. The average molecular weight is 235 g/mol. The van der Waals surface area contributed by atoms with Crippen LogP contribution in [0.25, 0.3) is 0 Å². The highest BCUT2D eigenvalue weighted by Gasteiger charge is 2.13. The van der Waals surface area contributed by atoms with Crippen LogP contribution in [-0.2, 0) is 9.59 Å². The van der Waals surface area contributed by atoms with Gasteiger partial charge in [0.05, 0.1) is 13.1 Å². The van der Waals surface area contributed by atoms with Gasteiger partial charge in [0.1, 0.15) is 0 Å². The molecule has 1 aromatic rings. The third kappa shape index (κ3) is 3.88. The van der Waals surface area contributed by atoms with Crippen LogP contribution in [0.3, 0.4) is 0 Å². The van der Waals surface area contributed by atoms with E-state index in [1.54, 1.807) is 4.90 Å². The number of anilines is 1. The number of hydrogen-bond acceptors (Lipinski definition) is 3. The van der Waals surface area contributed by atoms with Gasteiger partial charge < -0.3 is 16.0 Å². The van der Waals surface area contributed by atoms with Crippen molar-refractivity contribution in [2.45, 2.75) is 6.92 Å². The molecule has 3 N–H and O–H groups in total. The zero-order valence-electron chi connectivity index (χ0n) is 9.85. The quantitative estimate of drug-likeness (QED) is 0.761. The van der Waals surface area contributed by atoms with E-state index in [0.717, 1.165) is 5.69 Å². The fraction of sp³-hybridized carbons (Fsp3) is 0.333. The van der Waals surface area contributed by atoms with Gasteiger partial charge >= 0.3 is 0 Å². The van der Waals surface area contributed by atoms with Crippen molar-refractivity contribution in [3.8, 4) is 0 Å². The zero-order chi connectivity index (χ0) is 12.7. The van der Waals surface area contributed by atoms with Gasteiger partial charge in [-0.15, -0.1) is 0 Å². The lowest BCUT2D eigenvalue weighted by Crippen LogP contribution is -2.42. The molecular formula is C12H17N3O2. The smallest absolute Gasteiger partial charge is 0.246 e. The Morgan fingerprint density at radius 2 is 1.94 bits per heavy atom. The SMILES string of the molecule is CCN(C(=O)CNC(=O)CN)c1ccccc1. The minimum atomic E-state index is -0.331. The number of nitrogens with one attached hydrogen (secondary N) is 1. The summed E-state index contributed by atoms with van der Waals surface area (Å²) in [7, 11) is 0. The first-order valence-corrected chi connectivity index (χ1v) is 5.51. The summed E-state index contributed by atoms with van der Waals surface area (Å²) >= 11 is 0. The van der Waals surface area contributed by atoms with Crippen LogP contribution in [0.2, 0.25) is 0 Å². The molecule has 1 aromatic carbocycles. The highest BCUT2D eigenvalue weighted by Crippen LogP contribution is 2.12. The number of para-hydroxylation sites is 1. The van der Waals surface area contributed by atoms with Gasteiger partial charge in [-0.3, -0.25) is 9.59 Å². The summed E-state index contributed by atoms with van der Waals surface area (Å²) in [6.45, 7) is 2.31. The summed E-state index contributed by atoms with van der Waals surface area (Å²) in [5.74, 6) is -0.483. The van der Waals surface area contributed by atoms with E-state index < -0.39 is 0 Å². The standard InChI is InChI=1S/C12H17N3O2/c1-2-15(10-6-4-3-5-7-10)12(17)9-14-11(16)8-13/h3-7H,2,8-9,13H2,1H3,(H,14,16). The molecule has 0 aliphatic rings. The third-order valence-electron chi connectivity index (χ3n) is 2.31. The Kier molecular flexibility index (Phi) is 5.16. The van der Waals surface area contributed by atoms with Gasteiger partial charge in [-0.05, 0) is 19.1 Å². The normalized spacial score (nSPS) is 9.76. The summed E-state index contributed by atoms with van der Waals surface area (Å²) in [6, 6.07) is 9.32. The Balaban J connectivity index is 2.62. The lowest BCUT2D eigenvalue weighted by atomic mass is 10.3. The lowest BCUT2D eigenvalue weighted by Gasteiger charge is -2.21.